The first-order chi connectivity index (χ1) is 16.8. The molecule has 196 valence electrons. The molecule has 12 nitrogen and oxygen atoms in total. The van der Waals surface area contributed by atoms with Gasteiger partial charge in [0.15, 0.2) is 18.3 Å². The Labute approximate surface area is 202 Å². The Morgan fingerprint density at radius 1 is 0.629 bits per heavy atom. The van der Waals surface area contributed by atoms with Crippen LogP contribution in [0.3, 0.4) is 0 Å². The van der Waals surface area contributed by atoms with E-state index in [2.05, 4.69) is 0 Å². The zero-order chi connectivity index (χ0) is 24.9. The van der Waals surface area contributed by atoms with Crippen molar-refractivity contribution in [2.75, 3.05) is 26.4 Å². The van der Waals surface area contributed by atoms with Crippen molar-refractivity contribution in [3.63, 3.8) is 0 Å². The van der Waals surface area contributed by atoms with E-state index in [-0.39, 0.29) is 69.9 Å². The Balaban J connectivity index is 1.11. The van der Waals surface area contributed by atoms with Crippen molar-refractivity contribution in [3.8, 4) is 0 Å². The third-order valence-corrected chi connectivity index (χ3v) is 6.60. The maximum absolute atomic E-state index is 12.3. The summed E-state index contributed by atoms with van der Waals surface area (Å²) in [6.07, 6.45) is -2.63. The minimum Gasteiger partial charge on any atom is -0.481 e. The van der Waals surface area contributed by atoms with Gasteiger partial charge in [0.05, 0.1) is 32.5 Å². The van der Waals surface area contributed by atoms with Crippen LogP contribution < -0.4 is 0 Å². The lowest BCUT2D eigenvalue weighted by atomic mass is 10.0. The monoisotopic (exact) mass is 500 g/mol. The van der Waals surface area contributed by atoms with Crippen molar-refractivity contribution in [1.29, 1.82) is 0 Å². The zero-order valence-electron chi connectivity index (χ0n) is 19.6. The number of hydrogen-bond acceptors (Lipinski definition) is 11. The van der Waals surface area contributed by atoms with E-state index in [1.54, 1.807) is 0 Å². The lowest BCUT2D eigenvalue weighted by Gasteiger charge is -2.18. The first kappa shape index (κ1) is 25.8. The van der Waals surface area contributed by atoms with Crippen LogP contribution >= 0.6 is 0 Å². The summed E-state index contributed by atoms with van der Waals surface area (Å²) in [5, 5.41) is 8.65. The van der Waals surface area contributed by atoms with Crippen molar-refractivity contribution >= 4 is 23.9 Å². The number of rotatable bonds is 11. The minimum atomic E-state index is -0.974. The summed E-state index contributed by atoms with van der Waals surface area (Å²) in [4.78, 5) is 46.9. The van der Waals surface area contributed by atoms with Gasteiger partial charge in [0.1, 0.15) is 18.3 Å². The Kier molecular flexibility index (Phi) is 8.58. The van der Waals surface area contributed by atoms with Crippen LogP contribution in [-0.2, 0) is 52.3 Å². The molecule has 8 atom stereocenters. The normalized spacial score (nSPS) is 35.3. The summed E-state index contributed by atoms with van der Waals surface area (Å²) >= 11 is 0. The quantitative estimate of drug-likeness (QED) is 0.308. The molecule has 0 spiro atoms. The standard InChI is InChI=1S/C23H32O12/c1-12-8-29-21-13(9-30-20(12)21)33-18(27)6-3-7-19(28)35-15-11-32-22-14(10-31-23(15)22)34-17(26)5-2-4-16(24)25/h12-15,20-23H,2-11H2,1H3,(H,24,25)/t12-,13+,14+,15-,20+,21+,22+,23+/m0/s1. The van der Waals surface area contributed by atoms with E-state index in [0.717, 1.165) is 0 Å². The summed E-state index contributed by atoms with van der Waals surface area (Å²) in [5.41, 5.74) is 0. The van der Waals surface area contributed by atoms with Gasteiger partial charge in [-0.05, 0) is 12.8 Å². The summed E-state index contributed by atoms with van der Waals surface area (Å²) in [6, 6.07) is 0. The predicted octanol–water partition coefficient (Wildman–Crippen LogP) is 0.378. The maximum Gasteiger partial charge on any atom is 0.306 e. The molecular formula is C23H32O12. The van der Waals surface area contributed by atoms with E-state index in [1.807, 2.05) is 6.92 Å². The topological polar surface area (TPSA) is 153 Å². The van der Waals surface area contributed by atoms with Gasteiger partial charge in [-0.2, -0.15) is 0 Å². The molecule has 0 unspecified atom stereocenters. The fourth-order valence-corrected chi connectivity index (χ4v) is 4.83. The summed E-state index contributed by atoms with van der Waals surface area (Å²) in [5.74, 6) is -2.12. The van der Waals surface area contributed by atoms with E-state index in [0.29, 0.717) is 13.2 Å². The number of carboxylic acid groups (broad SMARTS) is 1. The molecule has 35 heavy (non-hydrogen) atoms. The highest BCUT2D eigenvalue weighted by atomic mass is 16.7. The molecular weight excluding hydrogens is 468 g/mol. The van der Waals surface area contributed by atoms with Gasteiger partial charge in [-0.1, -0.05) is 6.92 Å². The highest BCUT2D eigenvalue weighted by Crippen LogP contribution is 2.33. The van der Waals surface area contributed by atoms with E-state index in [1.165, 1.54) is 0 Å². The number of fused-ring (bicyclic) bond motifs is 2. The van der Waals surface area contributed by atoms with Crippen molar-refractivity contribution in [2.24, 2.45) is 5.92 Å². The fraction of sp³-hybridized carbons (Fsp3) is 0.826. The van der Waals surface area contributed by atoms with Crippen molar-refractivity contribution in [2.45, 2.75) is 88.2 Å². The molecule has 4 rings (SSSR count). The number of aliphatic carboxylic acids is 1. The molecule has 0 bridgehead atoms. The van der Waals surface area contributed by atoms with Crippen molar-refractivity contribution in [1.82, 2.24) is 0 Å². The van der Waals surface area contributed by atoms with Gasteiger partial charge in [0.2, 0.25) is 0 Å². The van der Waals surface area contributed by atoms with Gasteiger partial charge in [0.25, 0.3) is 0 Å². The average molecular weight is 500 g/mol. The molecule has 4 aliphatic rings. The highest BCUT2D eigenvalue weighted by molar-refractivity contribution is 5.73. The second-order valence-electron chi connectivity index (χ2n) is 9.35. The fourth-order valence-electron chi connectivity index (χ4n) is 4.83. The SMILES string of the molecule is C[C@H]1CO[C@H]2[C@@H]1OC[C@H]2OC(=O)CCCC(=O)O[C@H]1CO[C@H]2[C@@H]1OC[C@H]2OC(=O)CCCC(=O)O. The molecule has 0 amide bonds. The number of esters is 3. The Hall–Kier alpha value is -2.28. The molecule has 4 aliphatic heterocycles. The van der Waals surface area contributed by atoms with Crippen molar-refractivity contribution < 1.29 is 57.4 Å². The summed E-state index contributed by atoms with van der Waals surface area (Å²) in [7, 11) is 0. The second kappa shape index (κ2) is 11.6. The first-order valence-corrected chi connectivity index (χ1v) is 12.1. The number of carboxylic acids is 1. The van der Waals surface area contributed by atoms with Crippen LogP contribution in [0.15, 0.2) is 0 Å². The maximum atomic E-state index is 12.3. The molecule has 0 aromatic rings. The first-order valence-electron chi connectivity index (χ1n) is 12.1. The Bertz CT molecular complexity index is 799. The summed E-state index contributed by atoms with van der Waals surface area (Å²) < 4.78 is 38.9. The van der Waals surface area contributed by atoms with E-state index in [4.69, 9.17) is 38.3 Å². The van der Waals surface area contributed by atoms with Crippen LogP contribution in [0.25, 0.3) is 0 Å². The van der Waals surface area contributed by atoms with Crippen LogP contribution in [-0.4, -0.2) is 98.1 Å². The Morgan fingerprint density at radius 2 is 1.00 bits per heavy atom. The van der Waals surface area contributed by atoms with E-state index in [9.17, 15) is 19.2 Å². The Morgan fingerprint density at radius 3 is 1.46 bits per heavy atom. The highest BCUT2D eigenvalue weighted by Gasteiger charge is 2.51. The largest absolute Gasteiger partial charge is 0.481 e. The lowest BCUT2D eigenvalue weighted by molar-refractivity contribution is -0.156. The van der Waals surface area contributed by atoms with Crippen LogP contribution in [0, 0.1) is 5.92 Å². The van der Waals surface area contributed by atoms with Gasteiger partial charge in [-0.15, -0.1) is 0 Å². The van der Waals surface area contributed by atoms with E-state index >= 15 is 0 Å². The smallest absolute Gasteiger partial charge is 0.306 e. The number of ether oxygens (including phenoxy) is 7. The molecule has 1 N–H and O–H groups in total. The van der Waals surface area contributed by atoms with Gasteiger partial charge >= 0.3 is 23.9 Å². The average Bonchev–Trinajstić information content (AvgIpc) is 3.55. The van der Waals surface area contributed by atoms with Gasteiger partial charge < -0.3 is 38.3 Å². The van der Waals surface area contributed by atoms with Crippen molar-refractivity contribution in [3.05, 3.63) is 0 Å². The number of carbonyl (C=O) groups excluding carboxylic acids is 3. The third-order valence-electron chi connectivity index (χ3n) is 6.60. The van der Waals surface area contributed by atoms with Crippen LogP contribution in [0.4, 0.5) is 0 Å². The molecule has 12 heteroatoms. The molecule has 0 saturated carbocycles. The predicted molar refractivity (Wildman–Crippen MR) is 113 cm³/mol. The van der Waals surface area contributed by atoms with Gasteiger partial charge in [0, 0.05) is 31.6 Å². The molecule has 4 saturated heterocycles. The number of carbonyl (C=O) groups is 4. The molecule has 0 aliphatic carbocycles. The zero-order valence-corrected chi connectivity index (χ0v) is 19.6. The van der Waals surface area contributed by atoms with Crippen LogP contribution in [0.1, 0.15) is 45.4 Å². The number of hydrogen-bond donors (Lipinski definition) is 1. The van der Waals surface area contributed by atoms with Gasteiger partial charge in [-0.25, -0.2) is 0 Å². The molecule has 0 aromatic heterocycles. The molecule has 0 radical (unpaired) electrons. The molecule has 4 fully saturated rings. The van der Waals surface area contributed by atoms with Gasteiger partial charge in [-0.3, -0.25) is 19.2 Å². The van der Waals surface area contributed by atoms with E-state index < -0.39 is 54.4 Å². The van der Waals surface area contributed by atoms with Crippen LogP contribution in [0.2, 0.25) is 0 Å². The second-order valence-corrected chi connectivity index (χ2v) is 9.35. The minimum absolute atomic E-state index is 0.0117. The molecule has 0 aromatic carbocycles. The third kappa shape index (κ3) is 6.49. The lowest BCUT2D eigenvalue weighted by Crippen LogP contribution is -2.36. The molecule has 4 heterocycles. The summed E-state index contributed by atoms with van der Waals surface area (Å²) in [6.45, 7) is 3.15. The van der Waals surface area contributed by atoms with Crippen LogP contribution in [0.5, 0.6) is 0 Å².